The third kappa shape index (κ3) is 4.93. The van der Waals surface area contributed by atoms with E-state index in [4.69, 9.17) is 9.79 Å². The molecule has 0 aromatic heterocycles. The molecule has 0 atom stereocenters. The van der Waals surface area contributed by atoms with Crippen molar-refractivity contribution >= 4 is 37.4 Å². The van der Waals surface area contributed by atoms with Crippen LogP contribution in [0.15, 0.2) is 30.3 Å². The van der Waals surface area contributed by atoms with Crippen molar-refractivity contribution < 1.29 is 18.9 Å². The van der Waals surface area contributed by atoms with Gasteiger partial charge in [-0.25, -0.2) is 4.57 Å². The van der Waals surface area contributed by atoms with E-state index < -0.39 is 7.82 Å². The maximum absolute atomic E-state index is 10.3. The molecular weight excluding hydrogens is 190 g/mol. The van der Waals surface area contributed by atoms with E-state index in [2.05, 4.69) is 4.52 Å². The van der Waals surface area contributed by atoms with E-state index >= 15 is 0 Å². The van der Waals surface area contributed by atoms with E-state index in [1.165, 1.54) is 12.1 Å². The first-order valence-corrected chi connectivity index (χ1v) is 4.41. The molecule has 0 bridgehead atoms. The zero-order valence-electron chi connectivity index (χ0n) is 5.54. The van der Waals surface area contributed by atoms with Crippen LogP contribution in [0.2, 0.25) is 0 Å². The van der Waals surface area contributed by atoms with Crippen molar-refractivity contribution in [2.45, 2.75) is 0 Å². The van der Waals surface area contributed by atoms with Crippen LogP contribution in [0.4, 0.5) is 0 Å². The average Bonchev–Trinajstić information content (AvgIpc) is 1.85. The third-order valence-corrected chi connectivity index (χ3v) is 1.42. The van der Waals surface area contributed by atoms with Crippen molar-refractivity contribution in [1.29, 1.82) is 0 Å². The summed E-state index contributed by atoms with van der Waals surface area (Å²) in [7, 11) is -4.39. The molecule has 0 heterocycles. The normalized spacial score (nSPS) is 10.2. The van der Waals surface area contributed by atoms with Gasteiger partial charge in [-0.2, -0.15) is 0 Å². The summed E-state index contributed by atoms with van der Waals surface area (Å²) in [6.45, 7) is 0. The Kier molecular flexibility index (Phi) is 5.09. The summed E-state index contributed by atoms with van der Waals surface area (Å²) in [5, 5.41) is 0. The molecule has 0 saturated carbocycles. The molecule has 12 heavy (non-hydrogen) atoms. The second kappa shape index (κ2) is 5.02. The standard InChI is InChI=1S/C6H7O4P.Na.H/c7-11(8,9)10-6-4-2-1-3-5-6;;/h1-5H,(H2,7,8,9);;. The Labute approximate surface area is 92.1 Å². The summed E-state index contributed by atoms with van der Waals surface area (Å²) in [5.74, 6) is 0.167. The number of phosphoric acid groups is 1. The van der Waals surface area contributed by atoms with Crippen molar-refractivity contribution in [2.75, 3.05) is 0 Å². The number of para-hydroxylation sites is 1. The molecule has 2 N–H and O–H groups in total. The Morgan fingerprint density at radius 3 is 2.08 bits per heavy atom. The van der Waals surface area contributed by atoms with Gasteiger partial charge in [0.25, 0.3) is 0 Å². The van der Waals surface area contributed by atoms with Crippen molar-refractivity contribution in [2.24, 2.45) is 0 Å². The van der Waals surface area contributed by atoms with Gasteiger partial charge in [-0.15, -0.1) is 0 Å². The van der Waals surface area contributed by atoms with Crippen LogP contribution < -0.4 is 4.52 Å². The van der Waals surface area contributed by atoms with Gasteiger partial charge < -0.3 is 4.52 Å². The van der Waals surface area contributed by atoms with Crippen LogP contribution in [0.3, 0.4) is 0 Å². The molecular formula is C6H8NaO4P. The SMILES string of the molecule is O=P(O)(O)Oc1ccccc1.[NaH]. The van der Waals surface area contributed by atoms with E-state index in [0.29, 0.717) is 0 Å². The molecule has 1 rings (SSSR count). The maximum atomic E-state index is 10.3. The fourth-order valence-electron chi connectivity index (χ4n) is 0.619. The third-order valence-electron chi connectivity index (χ3n) is 0.968. The van der Waals surface area contributed by atoms with E-state index in [-0.39, 0.29) is 35.3 Å². The van der Waals surface area contributed by atoms with Crippen LogP contribution in [-0.2, 0) is 4.57 Å². The molecule has 6 heteroatoms. The predicted octanol–water partition coefficient (Wildman–Crippen LogP) is 0.510. The number of hydrogen-bond acceptors (Lipinski definition) is 2. The zero-order valence-corrected chi connectivity index (χ0v) is 6.44. The molecule has 4 nitrogen and oxygen atoms in total. The molecule has 0 spiro atoms. The van der Waals surface area contributed by atoms with Crippen LogP contribution in [0.25, 0.3) is 0 Å². The van der Waals surface area contributed by atoms with Crippen LogP contribution in [0.5, 0.6) is 5.75 Å². The van der Waals surface area contributed by atoms with E-state index in [1.807, 2.05) is 0 Å². The summed E-state index contributed by atoms with van der Waals surface area (Å²) >= 11 is 0. The van der Waals surface area contributed by atoms with E-state index in [1.54, 1.807) is 18.2 Å². The van der Waals surface area contributed by atoms with Crippen LogP contribution in [0.1, 0.15) is 0 Å². The number of hydrogen-bond donors (Lipinski definition) is 2. The zero-order chi connectivity index (χ0) is 8.32. The van der Waals surface area contributed by atoms with Gasteiger partial charge in [0.15, 0.2) is 0 Å². The second-order valence-corrected chi connectivity index (χ2v) is 3.06. The molecule has 62 valence electrons. The Hall–Kier alpha value is 0.170. The van der Waals surface area contributed by atoms with Gasteiger partial charge in [-0.1, -0.05) is 18.2 Å². The van der Waals surface area contributed by atoms with Crippen molar-refractivity contribution in [3.8, 4) is 5.75 Å². The molecule has 0 amide bonds. The van der Waals surface area contributed by atoms with Crippen molar-refractivity contribution in [3.05, 3.63) is 30.3 Å². The summed E-state index contributed by atoms with van der Waals surface area (Å²) in [5.41, 5.74) is 0. The second-order valence-electron chi connectivity index (χ2n) is 1.89. The van der Waals surface area contributed by atoms with Crippen molar-refractivity contribution in [1.82, 2.24) is 0 Å². The van der Waals surface area contributed by atoms with Crippen LogP contribution in [-0.4, -0.2) is 39.3 Å². The summed E-state index contributed by atoms with van der Waals surface area (Å²) in [6.07, 6.45) is 0. The van der Waals surface area contributed by atoms with Gasteiger partial charge in [0.1, 0.15) is 5.75 Å². The van der Waals surface area contributed by atoms with Gasteiger partial charge in [-0.05, 0) is 12.1 Å². The molecule has 0 aliphatic carbocycles. The topological polar surface area (TPSA) is 66.8 Å². The quantitative estimate of drug-likeness (QED) is 0.536. The van der Waals surface area contributed by atoms with Gasteiger partial charge in [0.2, 0.25) is 0 Å². The molecule has 0 unspecified atom stereocenters. The molecule has 0 saturated heterocycles. The van der Waals surface area contributed by atoms with Crippen LogP contribution >= 0.6 is 7.82 Å². The monoisotopic (exact) mass is 198 g/mol. The van der Waals surface area contributed by atoms with Gasteiger partial charge in [0, 0.05) is 0 Å². The predicted molar refractivity (Wildman–Crippen MR) is 46.3 cm³/mol. The first-order chi connectivity index (χ1) is 5.08. The molecule has 1 aromatic rings. The first-order valence-electron chi connectivity index (χ1n) is 2.88. The first kappa shape index (κ1) is 12.2. The Morgan fingerprint density at radius 2 is 1.67 bits per heavy atom. The summed E-state index contributed by atoms with van der Waals surface area (Å²) < 4.78 is 14.5. The molecule has 1 aromatic carbocycles. The molecule has 0 radical (unpaired) electrons. The van der Waals surface area contributed by atoms with Crippen LogP contribution in [0, 0.1) is 0 Å². The average molecular weight is 198 g/mol. The molecule has 0 aliphatic heterocycles. The van der Waals surface area contributed by atoms with Gasteiger partial charge in [-0.3, -0.25) is 9.79 Å². The summed E-state index contributed by atoms with van der Waals surface area (Å²) in [6, 6.07) is 7.93. The van der Waals surface area contributed by atoms with Gasteiger partial charge in [0.05, 0.1) is 0 Å². The van der Waals surface area contributed by atoms with Crippen molar-refractivity contribution in [3.63, 3.8) is 0 Å². The minimum absolute atomic E-state index is 0. The fourth-order valence-corrected chi connectivity index (χ4v) is 1.02. The number of benzene rings is 1. The minimum atomic E-state index is -4.39. The Morgan fingerprint density at radius 1 is 1.17 bits per heavy atom. The van der Waals surface area contributed by atoms with E-state index in [0.717, 1.165) is 0 Å². The number of phosphoric ester groups is 1. The van der Waals surface area contributed by atoms with Gasteiger partial charge >= 0.3 is 37.4 Å². The molecule has 0 fully saturated rings. The Balaban J connectivity index is 0.00000121. The number of rotatable bonds is 2. The molecule has 0 aliphatic rings. The Bertz CT molecular complexity index is 270. The fraction of sp³-hybridized carbons (Fsp3) is 0. The van der Waals surface area contributed by atoms with E-state index in [9.17, 15) is 4.57 Å². The summed E-state index contributed by atoms with van der Waals surface area (Å²) in [4.78, 5) is 16.7.